The molecule has 0 N–H and O–H groups in total. The van der Waals surface area contributed by atoms with Gasteiger partial charge in [0.05, 0.1) is 17.1 Å². The Balaban J connectivity index is 1.10. The average molecular weight is 708 g/mol. The van der Waals surface area contributed by atoms with E-state index < -0.39 is 0 Å². The van der Waals surface area contributed by atoms with Crippen LogP contribution in [0.4, 0.5) is 0 Å². The lowest BCUT2D eigenvalue weighted by atomic mass is 9.98. The molecule has 8 nitrogen and oxygen atoms in total. The van der Waals surface area contributed by atoms with Gasteiger partial charge in [0.25, 0.3) is 0 Å². The van der Waals surface area contributed by atoms with E-state index in [9.17, 15) is 0 Å². The summed E-state index contributed by atoms with van der Waals surface area (Å²) in [4.78, 5) is 34.2. The molecule has 5 aromatic heterocycles. The maximum absolute atomic E-state index is 6.17. The molecule has 0 amide bonds. The second kappa shape index (κ2) is 13.7. The second-order valence-corrected chi connectivity index (χ2v) is 13.0. The highest BCUT2D eigenvalue weighted by molar-refractivity contribution is 6.12. The van der Waals surface area contributed by atoms with Crippen molar-refractivity contribution in [1.82, 2.24) is 34.9 Å². The van der Waals surface area contributed by atoms with Crippen LogP contribution in [0.3, 0.4) is 0 Å². The molecule has 0 radical (unpaired) electrons. The zero-order valence-corrected chi connectivity index (χ0v) is 29.3. The van der Waals surface area contributed by atoms with Crippen LogP contribution in [-0.2, 0) is 0 Å². The van der Waals surface area contributed by atoms with Gasteiger partial charge >= 0.3 is 0 Å². The molecule has 5 aromatic carbocycles. The van der Waals surface area contributed by atoms with Gasteiger partial charge in [-0.3, -0.25) is 9.97 Å². The smallest absolute Gasteiger partial charge is 0.182 e. The summed E-state index contributed by atoms with van der Waals surface area (Å²) < 4.78 is 6.17. The quantitative estimate of drug-likeness (QED) is 0.161. The van der Waals surface area contributed by atoms with Crippen molar-refractivity contribution in [2.24, 2.45) is 0 Å². The van der Waals surface area contributed by atoms with Crippen molar-refractivity contribution in [1.29, 1.82) is 0 Å². The van der Waals surface area contributed by atoms with E-state index in [2.05, 4.69) is 41.4 Å². The molecular formula is C47H29N7O. The van der Waals surface area contributed by atoms with E-state index in [1.54, 1.807) is 6.20 Å². The molecule has 0 saturated carbocycles. The van der Waals surface area contributed by atoms with Gasteiger partial charge in [0.1, 0.15) is 16.9 Å². The van der Waals surface area contributed by atoms with Crippen LogP contribution < -0.4 is 0 Å². The maximum Gasteiger partial charge on any atom is 0.182 e. The molecule has 8 heteroatoms. The summed E-state index contributed by atoms with van der Waals surface area (Å²) in [7, 11) is 0. The van der Waals surface area contributed by atoms with Crippen molar-refractivity contribution in [2.45, 2.75) is 0 Å². The molecule has 0 aliphatic carbocycles. The van der Waals surface area contributed by atoms with Crippen LogP contribution in [0, 0.1) is 0 Å². The molecule has 10 rings (SSSR count). The Kier molecular flexibility index (Phi) is 7.96. The fourth-order valence-electron chi connectivity index (χ4n) is 6.79. The molecule has 0 saturated heterocycles. The van der Waals surface area contributed by atoms with Gasteiger partial charge < -0.3 is 4.42 Å². The highest BCUT2D eigenvalue weighted by Gasteiger charge is 2.18. The van der Waals surface area contributed by atoms with E-state index in [-0.39, 0.29) is 0 Å². The minimum atomic E-state index is 0.432. The normalized spacial score (nSPS) is 11.3. The van der Waals surface area contributed by atoms with Crippen molar-refractivity contribution in [2.75, 3.05) is 0 Å². The summed E-state index contributed by atoms with van der Waals surface area (Å²) in [5, 5.41) is 2.18. The first-order valence-corrected chi connectivity index (χ1v) is 17.9. The largest absolute Gasteiger partial charge is 0.456 e. The lowest BCUT2D eigenvalue weighted by molar-refractivity contribution is 0.669. The Bertz CT molecular complexity index is 2950. The summed E-state index contributed by atoms with van der Waals surface area (Å²) in [6.45, 7) is 0. The molecule has 0 bridgehead atoms. The molecule has 0 aliphatic heterocycles. The van der Waals surface area contributed by atoms with Crippen molar-refractivity contribution in [3.8, 4) is 79.5 Å². The SMILES string of the molecule is c1ccc(-c2nc(-c3ccc(-c4ccccn4)nc3)cc(-c3nc(-c4ccccc4)nc(-c4ccc(-c5cccc6oc7ccccc7c56)cc4)n3)n2)cc1. The Labute approximate surface area is 316 Å². The molecular weight excluding hydrogens is 679 g/mol. The number of fused-ring (bicyclic) bond motifs is 3. The molecule has 0 unspecified atom stereocenters. The van der Waals surface area contributed by atoms with E-state index in [1.807, 2.05) is 134 Å². The molecule has 10 aromatic rings. The van der Waals surface area contributed by atoms with Crippen LogP contribution in [-0.4, -0.2) is 34.9 Å². The van der Waals surface area contributed by atoms with E-state index >= 15 is 0 Å². The van der Waals surface area contributed by atoms with Crippen molar-refractivity contribution >= 4 is 21.9 Å². The molecule has 0 fully saturated rings. The van der Waals surface area contributed by atoms with Crippen molar-refractivity contribution in [3.63, 3.8) is 0 Å². The minimum Gasteiger partial charge on any atom is -0.456 e. The topological polar surface area (TPSA) is 103 Å². The number of rotatable bonds is 7. The highest BCUT2D eigenvalue weighted by atomic mass is 16.3. The van der Waals surface area contributed by atoms with Gasteiger partial charge in [0, 0.05) is 45.4 Å². The van der Waals surface area contributed by atoms with E-state index in [1.165, 1.54) is 0 Å². The molecule has 55 heavy (non-hydrogen) atoms. The zero-order chi connectivity index (χ0) is 36.6. The zero-order valence-electron chi connectivity index (χ0n) is 29.3. The lowest BCUT2D eigenvalue weighted by Crippen LogP contribution is -2.03. The van der Waals surface area contributed by atoms with Crippen LogP contribution in [0.1, 0.15) is 0 Å². The number of benzene rings is 5. The Morgan fingerprint density at radius 2 is 0.927 bits per heavy atom. The molecule has 258 valence electrons. The van der Waals surface area contributed by atoms with Gasteiger partial charge in [0.2, 0.25) is 0 Å². The van der Waals surface area contributed by atoms with E-state index in [0.29, 0.717) is 34.7 Å². The molecule has 0 atom stereocenters. The first kappa shape index (κ1) is 32.0. The Morgan fingerprint density at radius 1 is 0.345 bits per heavy atom. The Hall–Kier alpha value is -7.71. The first-order chi connectivity index (χ1) is 27.2. The fraction of sp³-hybridized carbons (Fsp3) is 0. The predicted molar refractivity (Wildman–Crippen MR) is 216 cm³/mol. The Morgan fingerprint density at radius 3 is 1.64 bits per heavy atom. The highest BCUT2D eigenvalue weighted by Crippen LogP contribution is 2.37. The van der Waals surface area contributed by atoms with Gasteiger partial charge in [-0.2, -0.15) is 0 Å². The number of aromatic nitrogens is 7. The number of pyridine rings is 2. The number of hydrogen-bond acceptors (Lipinski definition) is 8. The fourth-order valence-corrected chi connectivity index (χ4v) is 6.79. The number of para-hydroxylation sites is 1. The third-order valence-corrected chi connectivity index (χ3v) is 9.50. The third kappa shape index (κ3) is 6.17. The summed E-state index contributed by atoms with van der Waals surface area (Å²) >= 11 is 0. The van der Waals surface area contributed by atoms with Crippen LogP contribution >= 0.6 is 0 Å². The average Bonchev–Trinajstić information content (AvgIpc) is 3.66. The van der Waals surface area contributed by atoms with Gasteiger partial charge in [-0.05, 0) is 53.6 Å². The standard InChI is InChI=1S/C47H29N7O/c1-3-12-31(13-4-1)44-50-39(34-25-26-38(49-29-34)37-18-9-10-27-48-37)28-40(51-44)47-53-45(32-14-5-2-6-15-32)52-46(54-47)33-23-21-30(22-24-33)35-17-11-20-42-43(35)36-16-7-8-19-41(36)55-42/h1-29H. The van der Waals surface area contributed by atoms with Crippen LogP contribution in [0.5, 0.6) is 0 Å². The predicted octanol–water partition coefficient (Wildman–Crippen LogP) is 11.0. The summed E-state index contributed by atoms with van der Waals surface area (Å²) in [5.74, 6) is 2.06. The first-order valence-electron chi connectivity index (χ1n) is 17.9. The molecule has 0 aliphatic rings. The summed E-state index contributed by atoms with van der Waals surface area (Å²) in [5.41, 5.74) is 10.1. The minimum absolute atomic E-state index is 0.432. The van der Waals surface area contributed by atoms with E-state index in [4.69, 9.17) is 34.3 Å². The lowest BCUT2D eigenvalue weighted by Gasteiger charge is -2.11. The number of hydrogen-bond donors (Lipinski definition) is 0. The van der Waals surface area contributed by atoms with Crippen LogP contribution in [0.25, 0.3) is 101 Å². The summed E-state index contributed by atoms with van der Waals surface area (Å²) in [6.07, 6.45) is 3.57. The number of furan rings is 1. The van der Waals surface area contributed by atoms with Gasteiger partial charge in [0.15, 0.2) is 23.3 Å². The second-order valence-electron chi connectivity index (χ2n) is 13.0. The van der Waals surface area contributed by atoms with Crippen molar-refractivity contribution in [3.05, 3.63) is 176 Å². The molecule has 5 heterocycles. The monoisotopic (exact) mass is 707 g/mol. The number of nitrogens with zero attached hydrogens (tertiary/aromatic N) is 7. The van der Waals surface area contributed by atoms with Crippen LogP contribution in [0.15, 0.2) is 181 Å². The van der Waals surface area contributed by atoms with Gasteiger partial charge in [-0.1, -0.05) is 121 Å². The van der Waals surface area contributed by atoms with Crippen LogP contribution in [0.2, 0.25) is 0 Å². The van der Waals surface area contributed by atoms with E-state index in [0.717, 1.165) is 66.7 Å². The van der Waals surface area contributed by atoms with Crippen molar-refractivity contribution < 1.29 is 4.42 Å². The summed E-state index contributed by atoms with van der Waals surface area (Å²) in [6, 6.07) is 54.1. The maximum atomic E-state index is 6.17. The third-order valence-electron chi connectivity index (χ3n) is 9.50. The molecule has 0 spiro atoms. The van der Waals surface area contributed by atoms with Gasteiger partial charge in [-0.15, -0.1) is 0 Å². The van der Waals surface area contributed by atoms with Gasteiger partial charge in [-0.25, -0.2) is 24.9 Å².